The highest BCUT2D eigenvalue weighted by Gasteiger charge is 2.22. The lowest BCUT2D eigenvalue weighted by Crippen LogP contribution is -2.23. The second-order valence-electron chi connectivity index (χ2n) is 4.72. The van der Waals surface area contributed by atoms with Gasteiger partial charge in [-0.3, -0.25) is 0 Å². The molecule has 5 nitrogen and oxygen atoms in total. The van der Waals surface area contributed by atoms with Gasteiger partial charge in [-0.1, -0.05) is 11.4 Å². The van der Waals surface area contributed by atoms with Gasteiger partial charge < -0.3 is 14.8 Å². The number of benzene rings is 1. The molecule has 0 saturated carbocycles. The van der Waals surface area contributed by atoms with E-state index in [1.807, 2.05) is 25.1 Å². The molecule has 1 aromatic heterocycles. The van der Waals surface area contributed by atoms with Gasteiger partial charge in [0.05, 0.1) is 30.8 Å². The Morgan fingerprint density at radius 3 is 2.67 bits per heavy atom. The van der Waals surface area contributed by atoms with Gasteiger partial charge in [0.1, 0.15) is 11.5 Å². The summed E-state index contributed by atoms with van der Waals surface area (Å²) in [6.45, 7) is 5.04. The first-order valence-electron chi connectivity index (χ1n) is 6.95. The minimum Gasteiger partial charge on any atom is -0.497 e. The summed E-state index contributed by atoms with van der Waals surface area (Å²) in [5.74, 6) is 1.58. The van der Waals surface area contributed by atoms with Crippen molar-refractivity contribution in [2.24, 2.45) is 0 Å². The van der Waals surface area contributed by atoms with Crippen LogP contribution in [0.3, 0.4) is 0 Å². The van der Waals surface area contributed by atoms with E-state index in [0.29, 0.717) is 0 Å². The number of aromatic nitrogens is 2. The summed E-state index contributed by atoms with van der Waals surface area (Å²) >= 11 is 1.42. The third kappa shape index (κ3) is 3.51. The second kappa shape index (κ2) is 7.38. The highest BCUT2D eigenvalue weighted by Crippen LogP contribution is 2.35. The minimum atomic E-state index is 0.0332. The Kier molecular flexibility index (Phi) is 5.52. The van der Waals surface area contributed by atoms with Gasteiger partial charge in [0.15, 0.2) is 0 Å². The van der Waals surface area contributed by atoms with E-state index in [9.17, 15) is 0 Å². The van der Waals surface area contributed by atoms with Crippen LogP contribution in [0, 0.1) is 6.92 Å². The van der Waals surface area contributed by atoms with Crippen LogP contribution in [0.15, 0.2) is 18.2 Å². The Morgan fingerprint density at radius 2 is 2.10 bits per heavy atom. The first kappa shape index (κ1) is 15.7. The molecule has 1 atom stereocenters. The summed E-state index contributed by atoms with van der Waals surface area (Å²) in [7, 11) is 3.32. The fourth-order valence-corrected chi connectivity index (χ4v) is 2.93. The zero-order valence-corrected chi connectivity index (χ0v) is 13.7. The number of hydrogen-bond acceptors (Lipinski definition) is 6. The predicted octanol–water partition coefficient (Wildman–Crippen LogP) is 2.95. The first-order chi connectivity index (χ1) is 10.2. The molecule has 21 heavy (non-hydrogen) atoms. The lowest BCUT2D eigenvalue weighted by atomic mass is 10.0. The number of aryl methyl sites for hydroxylation is 1. The zero-order valence-electron chi connectivity index (χ0n) is 12.8. The van der Waals surface area contributed by atoms with Crippen molar-refractivity contribution in [3.8, 4) is 11.5 Å². The van der Waals surface area contributed by atoms with E-state index in [2.05, 4.69) is 21.8 Å². The molecule has 1 aromatic carbocycles. The maximum Gasteiger partial charge on any atom is 0.127 e. The molecule has 1 heterocycles. The molecule has 2 aromatic rings. The summed E-state index contributed by atoms with van der Waals surface area (Å²) in [6.07, 6.45) is 1.06. The van der Waals surface area contributed by atoms with Crippen LogP contribution in [0.5, 0.6) is 11.5 Å². The molecule has 1 unspecified atom stereocenters. The number of methoxy groups -OCH3 is 2. The van der Waals surface area contributed by atoms with Crippen molar-refractivity contribution in [2.75, 3.05) is 20.8 Å². The maximum absolute atomic E-state index is 5.53. The van der Waals surface area contributed by atoms with Crippen LogP contribution in [0.2, 0.25) is 0 Å². The van der Waals surface area contributed by atoms with Gasteiger partial charge in [-0.2, -0.15) is 0 Å². The van der Waals surface area contributed by atoms with Gasteiger partial charge in [-0.05, 0) is 43.6 Å². The van der Waals surface area contributed by atoms with E-state index in [1.54, 1.807) is 14.2 Å². The molecule has 0 amide bonds. The van der Waals surface area contributed by atoms with Crippen LogP contribution in [-0.2, 0) is 0 Å². The van der Waals surface area contributed by atoms with Crippen LogP contribution in [0.25, 0.3) is 0 Å². The summed E-state index contributed by atoms with van der Waals surface area (Å²) in [4.78, 5) is 1.12. The molecule has 2 rings (SSSR count). The number of hydrogen-bond donors (Lipinski definition) is 1. The molecule has 0 saturated heterocycles. The van der Waals surface area contributed by atoms with Crippen LogP contribution in [-0.4, -0.2) is 30.4 Å². The molecule has 0 spiro atoms. The number of ether oxygens (including phenoxy) is 2. The maximum atomic E-state index is 5.53. The van der Waals surface area contributed by atoms with Gasteiger partial charge in [-0.15, -0.1) is 5.10 Å². The largest absolute Gasteiger partial charge is 0.497 e. The van der Waals surface area contributed by atoms with Gasteiger partial charge in [0, 0.05) is 11.6 Å². The third-order valence-corrected chi connectivity index (χ3v) is 4.19. The standard InChI is InChI=1S/C15H21N3O2S/c1-5-8-16-14(15-10(2)17-18-21-15)12-7-6-11(19-3)9-13(12)20-4/h6-7,9,14,16H,5,8H2,1-4H3. The molecule has 0 aliphatic rings. The summed E-state index contributed by atoms with van der Waals surface area (Å²) in [6, 6.07) is 5.91. The number of nitrogens with zero attached hydrogens (tertiary/aromatic N) is 2. The second-order valence-corrected chi connectivity index (χ2v) is 5.50. The average molecular weight is 307 g/mol. The zero-order chi connectivity index (χ0) is 15.2. The monoisotopic (exact) mass is 307 g/mol. The molecule has 0 bridgehead atoms. The van der Waals surface area contributed by atoms with E-state index in [-0.39, 0.29) is 6.04 Å². The quantitative estimate of drug-likeness (QED) is 0.852. The predicted molar refractivity (Wildman–Crippen MR) is 84.3 cm³/mol. The summed E-state index contributed by atoms with van der Waals surface area (Å²) in [5.41, 5.74) is 2.02. The Hall–Kier alpha value is -1.66. The van der Waals surface area contributed by atoms with Gasteiger partial charge in [0.25, 0.3) is 0 Å². The Bertz CT molecular complexity index is 586. The van der Waals surface area contributed by atoms with Crippen molar-refractivity contribution in [2.45, 2.75) is 26.3 Å². The lowest BCUT2D eigenvalue weighted by molar-refractivity contribution is 0.387. The van der Waals surface area contributed by atoms with E-state index in [0.717, 1.165) is 40.6 Å². The molecule has 0 fully saturated rings. The van der Waals surface area contributed by atoms with Crippen LogP contribution >= 0.6 is 11.5 Å². The first-order valence-corrected chi connectivity index (χ1v) is 7.72. The SMILES string of the molecule is CCCNC(c1ccc(OC)cc1OC)c1snnc1C. The highest BCUT2D eigenvalue weighted by atomic mass is 32.1. The minimum absolute atomic E-state index is 0.0332. The normalized spacial score (nSPS) is 12.2. The lowest BCUT2D eigenvalue weighted by Gasteiger charge is -2.20. The topological polar surface area (TPSA) is 56.3 Å². The van der Waals surface area contributed by atoms with Crippen molar-refractivity contribution in [3.05, 3.63) is 34.3 Å². The molecule has 0 radical (unpaired) electrons. The summed E-state index contributed by atoms with van der Waals surface area (Å²) < 4.78 is 14.8. The van der Waals surface area contributed by atoms with E-state index >= 15 is 0 Å². The molecular formula is C15H21N3O2S. The van der Waals surface area contributed by atoms with Crippen LogP contribution in [0.4, 0.5) is 0 Å². The third-order valence-electron chi connectivity index (χ3n) is 3.30. The van der Waals surface area contributed by atoms with E-state index < -0.39 is 0 Å². The fourth-order valence-electron chi connectivity index (χ4n) is 2.19. The Morgan fingerprint density at radius 1 is 1.29 bits per heavy atom. The molecule has 0 aliphatic carbocycles. The van der Waals surface area contributed by atoms with E-state index in [4.69, 9.17) is 9.47 Å². The number of rotatable bonds is 7. The molecule has 114 valence electrons. The fraction of sp³-hybridized carbons (Fsp3) is 0.467. The van der Waals surface area contributed by atoms with Crippen molar-refractivity contribution in [1.29, 1.82) is 0 Å². The van der Waals surface area contributed by atoms with Gasteiger partial charge in [0.2, 0.25) is 0 Å². The molecule has 6 heteroatoms. The van der Waals surface area contributed by atoms with Crippen molar-refractivity contribution in [3.63, 3.8) is 0 Å². The smallest absolute Gasteiger partial charge is 0.127 e. The molecule has 1 N–H and O–H groups in total. The average Bonchev–Trinajstić information content (AvgIpc) is 2.94. The molecular weight excluding hydrogens is 286 g/mol. The summed E-state index contributed by atoms with van der Waals surface area (Å²) in [5, 5.41) is 7.67. The van der Waals surface area contributed by atoms with Crippen molar-refractivity contribution >= 4 is 11.5 Å². The van der Waals surface area contributed by atoms with E-state index in [1.165, 1.54) is 11.5 Å². The Labute approximate surface area is 129 Å². The number of nitrogens with one attached hydrogen (secondary N) is 1. The van der Waals surface area contributed by atoms with Crippen molar-refractivity contribution in [1.82, 2.24) is 14.9 Å². The highest BCUT2D eigenvalue weighted by molar-refractivity contribution is 7.05. The van der Waals surface area contributed by atoms with Crippen molar-refractivity contribution < 1.29 is 9.47 Å². The van der Waals surface area contributed by atoms with Crippen LogP contribution < -0.4 is 14.8 Å². The van der Waals surface area contributed by atoms with Gasteiger partial charge in [-0.25, -0.2) is 0 Å². The van der Waals surface area contributed by atoms with Gasteiger partial charge >= 0.3 is 0 Å². The molecule has 0 aliphatic heterocycles. The Balaban J connectivity index is 2.43. The van der Waals surface area contributed by atoms with Crippen LogP contribution in [0.1, 0.15) is 35.5 Å².